The van der Waals surface area contributed by atoms with Gasteiger partial charge in [0.25, 0.3) is 10.1 Å². The van der Waals surface area contributed by atoms with Crippen molar-refractivity contribution in [2.24, 2.45) is 5.41 Å². The number of hydrogen-bond donors (Lipinski definition) is 2. The van der Waals surface area contributed by atoms with Crippen LogP contribution in [0.1, 0.15) is 20.8 Å². The largest absolute Gasteiger partial charge is 0.310 e. The van der Waals surface area contributed by atoms with Gasteiger partial charge in [-0.25, -0.2) is 0 Å². The second-order valence-electron chi connectivity index (χ2n) is 4.20. The van der Waals surface area contributed by atoms with Gasteiger partial charge in [-0.3, -0.25) is 9.35 Å². The van der Waals surface area contributed by atoms with E-state index in [0.717, 1.165) is 0 Å². The molecule has 0 aromatic rings. The summed E-state index contributed by atoms with van der Waals surface area (Å²) in [5, 5.41) is 2.58. The predicted octanol–water partition coefficient (Wildman–Crippen LogP) is 0.0774. The molecule has 0 saturated carbocycles. The lowest BCUT2D eigenvalue weighted by molar-refractivity contribution is -0.127. The zero-order chi connectivity index (χ0) is 11.6. The van der Waals surface area contributed by atoms with Gasteiger partial charge < -0.3 is 5.32 Å². The van der Waals surface area contributed by atoms with Crippen molar-refractivity contribution in [3.63, 3.8) is 0 Å². The third-order valence-corrected chi connectivity index (χ3v) is 2.54. The number of carbonyl (C=O) groups excluding carboxylic acids is 1. The highest BCUT2D eigenvalue weighted by molar-refractivity contribution is 7.85. The van der Waals surface area contributed by atoms with Crippen LogP contribution in [0.25, 0.3) is 0 Å². The molecule has 0 saturated heterocycles. The number of nitrogens with one attached hydrogen (secondary N) is 1. The molecule has 0 heterocycles. The molecule has 2 N–H and O–H groups in total. The van der Waals surface area contributed by atoms with Gasteiger partial charge in [-0.2, -0.15) is 8.42 Å². The minimum absolute atomic E-state index is 0.238. The first-order valence-corrected chi connectivity index (χ1v) is 5.85. The Morgan fingerprint density at radius 1 is 1.43 bits per heavy atom. The first kappa shape index (κ1) is 13.5. The summed E-state index contributed by atoms with van der Waals surface area (Å²) >= 11 is 0. The average Bonchev–Trinajstić information content (AvgIpc) is 1.95. The number of carbonyl (C=O) groups is 1. The van der Waals surface area contributed by atoms with Crippen LogP contribution in [0.2, 0.25) is 0 Å². The summed E-state index contributed by atoms with van der Waals surface area (Å²) in [5.41, 5.74) is -0.627. The number of ketones is 1. The zero-order valence-corrected chi connectivity index (χ0v) is 9.68. The number of Topliss-reactive ketones (excluding diaryl/α,β-unsaturated/α-hetero) is 1. The van der Waals surface area contributed by atoms with E-state index in [1.165, 1.54) is 7.05 Å². The van der Waals surface area contributed by atoms with Crippen LogP contribution in [-0.4, -0.2) is 37.6 Å². The second-order valence-corrected chi connectivity index (χ2v) is 5.70. The molecule has 14 heavy (non-hydrogen) atoms. The Bertz CT molecular complexity index is 302. The molecule has 0 amide bonds. The molecule has 0 spiro atoms. The van der Waals surface area contributed by atoms with Crippen LogP contribution in [-0.2, 0) is 14.9 Å². The molecule has 0 rings (SSSR count). The van der Waals surface area contributed by atoms with E-state index in [4.69, 9.17) is 4.55 Å². The van der Waals surface area contributed by atoms with E-state index in [0.29, 0.717) is 0 Å². The van der Waals surface area contributed by atoms with Crippen molar-refractivity contribution in [2.45, 2.75) is 26.8 Å². The van der Waals surface area contributed by atoms with Crippen LogP contribution in [0.3, 0.4) is 0 Å². The van der Waals surface area contributed by atoms with Gasteiger partial charge in [0.1, 0.15) is 0 Å². The summed E-state index contributed by atoms with van der Waals surface area (Å²) in [6, 6.07) is -0.856. The Balaban J connectivity index is 4.68. The molecule has 0 aliphatic rings. The SMILES string of the molecule is CNC(CS(=O)(=O)O)C(=O)C(C)(C)C. The molecular weight excluding hydrogens is 206 g/mol. The summed E-state index contributed by atoms with van der Waals surface area (Å²) in [7, 11) is -2.64. The first-order chi connectivity index (χ1) is 6.08. The fourth-order valence-electron chi connectivity index (χ4n) is 1.02. The van der Waals surface area contributed by atoms with Crippen LogP contribution < -0.4 is 5.32 Å². The van der Waals surface area contributed by atoms with Crippen molar-refractivity contribution in [3.8, 4) is 0 Å². The van der Waals surface area contributed by atoms with Crippen molar-refractivity contribution < 1.29 is 17.8 Å². The van der Waals surface area contributed by atoms with Crippen LogP contribution in [0.5, 0.6) is 0 Å². The summed E-state index contributed by atoms with van der Waals surface area (Å²) in [6.45, 7) is 5.09. The van der Waals surface area contributed by atoms with Gasteiger partial charge in [-0.1, -0.05) is 20.8 Å². The van der Waals surface area contributed by atoms with E-state index in [1.807, 2.05) is 0 Å². The number of likely N-dealkylation sites (N-methyl/N-ethyl adjacent to an activating group) is 1. The zero-order valence-electron chi connectivity index (χ0n) is 8.86. The highest BCUT2D eigenvalue weighted by atomic mass is 32.2. The summed E-state index contributed by atoms with van der Waals surface area (Å²) in [4.78, 5) is 11.6. The fraction of sp³-hybridized carbons (Fsp3) is 0.875. The van der Waals surface area contributed by atoms with E-state index in [1.54, 1.807) is 20.8 Å². The first-order valence-electron chi connectivity index (χ1n) is 4.24. The monoisotopic (exact) mass is 223 g/mol. The standard InChI is InChI=1S/C8H17NO4S/c1-8(2,3)7(10)6(9-4)5-14(11,12)13/h6,9H,5H2,1-4H3,(H,11,12,13). The topological polar surface area (TPSA) is 83.5 Å². The molecule has 0 radical (unpaired) electrons. The Kier molecular flexibility index (Phi) is 4.23. The molecular formula is C8H17NO4S. The molecule has 5 nitrogen and oxygen atoms in total. The summed E-state index contributed by atoms with van der Waals surface area (Å²) in [6.07, 6.45) is 0. The number of hydrogen-bond acceptors (Lipinski definition) is 4. The van der Waals surface area contributed by atoms with Gasteiger partial charge >= 0.3 is 0 Å². The van der Waals surface area contributed by atoms with Crippen LogP contribution >= 0.6 is 0 Å². The molecule has 84 valence electrons. The Hall–Kier alpha value is -0.460. The Morgan fingerprint density at radius 3 is 2.07 bits per heavy atom. The molecule has 0 aromatic carbocycles. The van der Waals surface area contributed by atoms with Crippen molar-refractivity contribution in [2.75, 3.05) is 12.8 Å². The minimum atomic E-state index is -4.12. The van der Waals surface area contributed by atoms with Crippen molar-refractivity contribution in [3.05, 3.63) is 0 Å². The van der Waals surface area contributed by atoms with Crippen molar-refractivity contribution in [1.29, 1.82) is 0 Å². The third kappa shape index (κ3) is 4.69. The molecule has 1 atom stereocenters. The molecule has 0 aromatic heterocycles. The predicted molar refractivity (Wildman–Crippen MR) is 53.7 cm³/mol. The fourth-order valence-corrected chi connectivity index (χ4v) is 1.76. The molecule has 0 aliphatic heterocycles. The normalized spacial score (nSPS) is 15.2. The molecule has 0 fully saturated rings. The molecule has 0 bridgehead atoms. The lowest BCUT2D eigenvalue weighted by Crippen LogP contribution is -2.45. The molecule has 1 unspecified atom stereocenters. The maximum absolute atomic E-state index is 11.6. The van der Waals surface area contributed by atoms with Crippen LogP contribution in [0.15, 0.2) is 0 Å². The van der Waals surface area contributed by atoms with Gasteiger partial charge in [0.15, 0.2) is 5.78 Å². The summed E-state index contributed by atoms with van der Waals surface area (Å²) in [5.74, 6) is -0.822. The van der Waals surface area contributed by atoms with Gasteiger partial charge in [-0.05, 0) is 7.05 Å². The van der Waals surface area contributed by atoms with E-state index in [-0.39, 0.29) is 5.78 Å². The molecule has 6 heteroatoms. The van der Waals surface area contributed by atoms with Gasteiger partial charge in [0.05, 0.1) is 11.8 Å². The van der Waals surface area contributed by atoms with Crippen molar-refractivity contribution in [1.82, 2.24) is 5.32 Å². The highest BCUT2D eigenvalue weighted by Gasteiger charge is 2.31. The van der Waals surface area contributed by atoms with Gasteiger partial charge in [0.2, 0.25) is 0 Å². The quantitative estimate of drug-likeness (QED) is 0.659. The Morgan fingerprint density at radius 2 is 1.86 bits per heavy atom. The van der Waals surface area contributed by atoms with Crippen LogP contribution in [0, 0.1) is 5.41 Å². The van der Waals surface area contributed by atoms with Crippen molar-refractivity contribution >= 4 is 15.9 Å². The maximum Gasteiger partial charge on any atom is 0.266 e. The van der Waals surface area contributed by atoms with Crippen LogP contribution in [0.4, 0.5) is 0 Å². The van der Waals surface area contributed by atoms with Gasteiger partial charge in [0, 0.05) is 5.41 Å². The molecule has 0 aliphatic carbocycles. The van der Waals surface area contributed by atoms with E-state index < -0.39 is 27.3 Å². The number of rotatable bonds is 4. The smallest absolute Gasteiger partial charge is 0.266 e. The lowest BCUT2D eigenvalue weighted by atomic mass is 9.87. The minimum Gasteiger partial charge on any atom is -0.310 e. The van der Waals surface area contributed by atoms with Gasteiger partial charge in [-0.15, -0.1) is 0 Å². The van der Waals surface area contributed by atoms with E-state index in [2.05, 4.69) is 5.32 Å². The maximum atomic E-state index is 11.6. The second kappa shape index (κ2) is 4.37. The highest BCUT2D eigenvalue weighted by Crippen LogP contribution is 2.17. The third-order valence-electron chi connectivity index (χ3n) is 1.78. The average molecular weight is 223 g/mol. The summed E-state index contributed by atoms with van der Waals surface area (Å²) < 4.78 is 29.8. The Labute approximate surface area is 84.6 Å². The van der Waals surface area contributed by atoms with E-state index in [9.17, 15) is 13.2 Å². The van der Waals surface area contributed by atoms with E-state index >= 15 is 0 Å². The lowest BCUT2D eigenvalue weighted by Gasteiger charge is -2.23.